The zero-order valence-electron chi connectivity index (χ0n) is 7.71. The zero-order chi connectivity index (χ0) is 11.6. The van der Waals surface area contributed by atoms with Gasteiger partial charge in [-0.2, -0.15) is 4.98 Å². The molecule has 0 aromatic carbocycles. The topological polar surface area (TPSA) is 136 Å². The van der Waals surface area contributed by atoms with E-state index in [0.29, 0.717) is 0 Å². The molecule has 0 aliphatic carbocycles. The van der Waals surface area contributed by atoms with Crippen LogP contribution in [-0.2, 0) is 9.30 Å². The molecule has 0 aliphatic rings. The second-order valence-electron chi connectivity index (χ2n) is 2.68. The van der Waals surface area contributed by atoms with Crippen LogP contribution < -0.4 is 5.73 Å². The summed E-state index contributed by atoms with van der Waals surface area (Å²) >= 11 is 0. The van der Waals surface area contributed by atoms with Crippen LogP contribution in [0.25, 0.3) is 0 Å². The van der Waals surface area contributed by atoms with Crippen molar-refractivity contribution in [1.82, 2.24) is 4.98 Å². The molecule has 84 valence electrons. The highest BCUT2D eigenvalue weighted by Gasteiger charge is 2.21. The van der Waals surface area contributed by atoms with Crippen LogP contribution in [0.15, 0.2) is 4.42 Å². The van der Waals surface area contributed by atoms with Crippen molar-refractivity contribution in [1.29, 1.82) is 0 Å². The van der Waals surface area contributed by atoms with Crippen molar-refractivity contribution < 1.29 is 28.3 Å². The molecule has 0 unspecified atom stereocenters. The predicted octanol–water partition coefficient (Wildman–Crippen LogP) is -0.143. The SMILES string of the molecule is Cc1oc(N)nc1C(=O)OCP(=O)(O)O. The maximum absolute atomic E-state index is 11.2. The standard InChI is InChI=1S/C6H9N2O6P/c1-3-4(8-6(7)14-3)5(9)13-2-15(10,11)12/h2H2,1H3,(H2,7,8)(H2,10,11,12). The van der Waals surface area contributed by atoms with Gasteiger partial charge < -0.3 is 24.7 Å². The largest absolute Gasteiger partial charge is 0.448 e. The molecule has 0 aliphatic heterocycles. The molecule has 4 N–H and O–H groups in total. The quantitative estimate of drug-likeness (QED) is 0.487. The minimum absolute atomic E-state index is 0.128. The molecule has 15 heavy (non-hydrogen) atoms. The molecular weight excluding hydrogens is 227 g/mol. The van der Waals surface area contributed by atoms with Crippen LogP contribution in [0.1, 0.15) is 16.2 Å². The number of nitrogens with two attached hydrogens (primary N) is 1. The lowest BCUT2D eigenvalue weighted by Crippen LogP contribution is -2.08. The van der Waals surface area contributed by atoms with E-state index in [2.05, 4.69) is 9.72 Å². The first-order valence-corrected chi connectivity index (χ1v) is 5.54. The van der Waals surface area contributed by atoms with Crippen LogP contribution in [0.3, 0.4) is 0 Å². The van der Waals surface area contributed by atoms with Crippen molar-refractivity contribution >= 4 is 19.6 Å². The molecule has 0 radical (unpaired) electrons. The van der Waals surface area contributed by atoms with Crippen LogP contribution in [0.5, 0.6) is 0 Å². The molecule has 1 aromatic rings. The number of oxazole rings is 1. The van der Waals surface area contributed by atoms with Crippen LogP contribution in [-0.4, -0.2) is 27.1 Å². The molecule has 1 heterocycles. The Morgan fingerprint density at radius 3 is 2.67 bits per heavy atom. The van der Waals surface area contributed by atoms with Crippen molar-refractivity contribution in [3.63, 3.8) is 0 Å². The minimum atomic E-state index is -4.38. The third-order valence-corrected chi connectivity index (χ3v) is 1.84. The highest BCUT2D eigenvalue weighted by atomic mass is 31.2. The molecule has 0 saturated carbocycles. The summed E-state index contributed by atoms with van der Waals surface area (Å²) in [6.45, 7) is 1.43. The van der Waals surface area contributed by atoms with Gasteiger partial charge in [0.1, 0.15) is 5.76 Å². The number of aryl methyl sites for hydroxylation is 1. The summed E-state index contributed by atoms with van der Waals surface area (Å²) in [7, 11) is -4.38. The number of ether oxygens (including phenoxy) is 1. The smallest absolute Gasteiger partial charge is 0.362 e. The van der Waals surface area contributed by atoms with E-state index in [0.717, 1.165) is 0 Å². The van der Waals surface area contributed by atoms with E-state index in [-0.39, 0.29) is 17.5 Å². The molecule has 8 nitrogen and oxygen atoms in total. The number of rotatable bonds is 3. The van der Waals surface area contributed by atoms with Gasteiger partial charge in [0.15, 0.2) is 12.0 Å². The number of hydrogen-bond acceptors (Lipinski definition) is 6. The molecule has 1 aromatic heterocycles. The fourth-order valence-electron chi connectivity index (χ4n) is 0.817. The highest BCUT2D eigenvalue weighted by molar-refractivity contribution is 7.51. The van der Waals surface area contributed by atoms with E-state index in [9.17, 15) is 9.36 Å². The van der Waals surface area contributed by atoms with E-state index in [1.807, 2.05) is 0 Å². The Hall–Kier alpha value is -1.37. The summed E-state index contributed by atoms with van der Waals surface area (Å²) in [6.07, 6.45) is -1.00. The van der Waals surface area contributed by atoms with Crippen molar-refractivity contribution in [2.24, 2.45) is 0 Å². The summed E-state index contributed by atoms with van der Waals surface area (Å²) < 4.78 is 19.5. The van der Waals surface area contributed by atoms with Crippen LogP contribution >= 0.6 is 7.60 Å². The average Bonchev–Trinajstić information content (AvgIpc) is 2.40. The first-order valence-electron chi connectivity index (χ1n) is 3.74. The van der Waals surface area contributed by atoms with E-state index in [1.165, 1.54) is 6.92 Å². The Labute approximate surface area is 84.2 Å². The maximum Gasteiger partial charge on any atom is 0.362 e. The van der Waals surface area contributed by atoms with Gasteiger partial charge >= 0.3 is 13.6 Å². The number of nitrogens with zero attached hydrogens (tertiary/aromatic N) is 1. The Morgan fingerprint density at radius 1 is 1.67 bits per heavy atom. The van der Waals surface area contributed by atoms with E-state index in [4.69, 9.17) is 19.9 Å². The van der Waals surface area contributed by atoms with Crippen molar-refractivity contribution in [2.75, 3.05) is 12.1 Å². The Bertz CT molecular complexity index is 421. The van der Waals surface area contributed by atoms with Gasteiger partial charge in [-0.15, -0.1) is 0 Å². The number of nitrogen functional groups attached to an aromatic ring is 1. The molecule has 1 rings (SSSR count). The predicted molar refractivity (Wildman–Crippen MR) is 48.0 cm³/mol. The molecule has 0 atom stereocenters. The molecule has 0 spiro atoms. The zero-order valence-corrected chi connectivity index (χ0v) is 8.60. The third-order valence-electron chi connectivity index (χ3n) is 1.37. The Balaban J connectivity index is 2.70. The minimum Gasteiger partial charge on any atom is -0.448 e. The fourth-order valence-corrected chi connectivity index (χ4v) is 1.10. The first-order chi connectivity index (χ1) is 6.79. The Kier molecular flexibility index (Phi) is 3.13. The van der Waals surface area contributed by atoms with Gasteiger partial charge in [-0.25, -0.2) is 4.79 Å². The number of carbonyl (C=O) groups is 1. The normalized spacial score (nSPS) is 11.4. The van der Waals surface area contributed by atoms with Crippen LogP contribution in [0.4, 0.5) is 6.01 Å². The van der Waals surface area contributed by atoms with Crippen LogP contribution in [0.2, 0.25) is 0 Å². The first kappa shape index (κ1) is 11.7. The molecule has 9 heteroatoms. The molecule has 0 amide bonds. The second-order valence-corrected chi connectivity index (χ2v) is 4.27. The van der Waals surface area contributed by atoms with E-state index >= 15 is 0 Å². The highest BCUT2D eigenvalue weighted by Crippen LogP contribution is 2.34. The second kappa shape index (κ2) is 4.01. The van der Waals surface area contributed by atoms with Gasteiger partial charge in [0.25, 0.3) is 6.01 Å². The molecular formula is C6H9N2O6P. The lowest BCUT2D eigenvalue weighted by atomic mass is 10.4. The number of hydrogen-bond donors (Lipinski definition) is 3. The summed E-state index contributed by atoms with van der Waals surface area (Å²) in [5, 5.41) is 0. The summed E-state index contributed by atoms with van der Waals surface area (Å²) in [5.41, 5.74) is 4.97. The number of aromatic nitrogens is 1. The van der Waals surface area contributed by atoms with Gasteiger partial charge in [0, 0.05) is 0 Å². The van der Waals surface area contributed by atoms with E-state index in [1.54, 1.807) is 0 Å². The van der Waals surface area contributed by atoms with Crippen molar-refractivity contribution in [3.8, 4) is 0 Å². The van der Waals surface area contributed by atoms with Gasteiger partial charge in [0.05, 0.1) is 0 Å². The van der Waals surface area contributed by atoms with E-state index < -0.39 is 19.9 Å². The van der Waals surface area contributed by atoms with Crippen molar-refractivity contribution in [2.45, 2.75) is 6.92 Å². The third kappa shape index (κ3) is 3.35. The number of carbonyl (C=O) groups excluding carboxylic acids is 1. The summed E-state index contributed by atoms with van der Waals surface area (Å²) in [5.74, 6) is -0.862. The lowest BCUT2D eigenvalue weighted by Gasteiger charge is -2.03. The number of esters is 1. The molecule has 0 saturated heterocycles. The van der Waals surface area contributed by atoms with Gasteiger partial charge in [-0.05, 0) is 6.92 Å². The van der Waals surface area contributed by atoms with Crippen molar-refractivity contribution in [3.05, 3.63) is 11.5 Å². The number of anilines is 1. The Morgan fingerprint density at radius 2 is 2.27 bits per heavy atom. The maximum atomic E-state index is 11.2. The summed E-state index contributed by atoms with van der Waals surface area (Å²) in [6, 6.07) is -0.212. The lowest BCUT2D eigenvalue weighted by molar-refractivity contribution is 0.0542. The van der Waals surface area contributed by atoms with Crippen LogP contribution in [0, 0.1) is 6.92 Å². The summed E-state index contributed by atoms with van der Waals surface area (Å²) in [4.78, 5) is 31.6. The average molecular weight is 236 g/mol. The van der Waals surface area contributed by atoms with Gasteiger partial charge in [0.2, 0.25) is 0 Å². The van der Waals surface area contributed by atoms with Gasteiger partial charge in [-0.1, -0.05) is 0 Å². The molecule has 0 bridgehead atoms. The monoisotopic (exact) mass is 236 g/mol. The fraction of sp³-hybridized carbons (Fsp3) is 0.333. The molecule has 0 fully saturated rings. The van der Waals surface area contributed by atoms with Gasteiger partial charge in [-0.3, -0.25) is 4.57 Å².